The molecule has 0 radical (unpaired) electrons. The van der Waals surface area contributed by atoms with Gasteiger partial charge in [0.2, 0.25) is 5.95 Å². The van der Waals surface area contributed by atoms with Gasteiger partial charge in [-0.3, -0.25) is 0 Å². The fourth-order valence-electron chi connectivity index (χ4n) is 1.68. The lowest BCUT2D eigenvalue weighted by molar-refractivity contribution is 0.338. The van der Waals surface area contributed by atoms with Gasteiger partial charge in [0.15, 0.2) is 0 Å². The van der Waals surface area contributed by atoms with E-state index in [0.717, 1.165) is 15.8 Å². The highest BCUT2D eigenvalue weighted by Gasteiger charge is 2.05. The number of allylic oxidation sites excluding steroid dienone is 1. The summed E-state index contributed by atoms with van der Waals surface area (Å²) in [6.45, 7) is 7.47. The van der Waals surface area contributed by atoms with Crippen molar-refractivity contribution in [2.45, 2.75) is 20.0 Å². The number of ether oxygens (including phenoxy) is 1. The first kappa shape index (κ1) is 14.5. The van der Waals surface area contributed by atoms with Crippen LogP contribution in [0, 0.1) is 0 Å². The van der Waals surface area contributed by atoms with E-state index in [9.17, 15) is 0 Å². The smallest absolute Gasteiger partial charge is 0.243 e. The van der Waals surface area contributed by atoms with Crippen molar-refractivity contribution < 1.29 is 4.74 Å². The second-order valence-corrected chi connectivity index (χ2v) is 4.88. The molecule has 1 aromatic carbocycles. The zero-order chi connectivity index (χ0) is 14.4. The van der Waals surface area contributed by atoms with E-state index in [1.165, 1.54) is 0 Å². The molecule has 0 unspecified atom stereocenters. The lowest BCUT2D eigenvalue weighted by Gasteiger charge is -2.09. The van der Waals surface area contributed by atoms with E-state index in [0.29, 0.717) is 25.6 Å². The maximum absolute atomic E-state index is 5.48. The standard InChI is InChI=1S/C13H16BrN5O/c1-3-7-19-13(16-17-18-19)15-9-10-5-6-12(20-4-2)11(14)8-10/h3,5-6,8H,1,4,7,9H2,2H3,(H,15,16,18). The molecule has 0 bridgehead atoms. The second-order valence-electron chi connectivity index (χ2n) is 4.02. The minimum Gasteiger partial charge on any atom is -0.493 e. The van der Waals surface area contributed by atoms with Gasteiger partial charge in [0.05, 0.1) is 17.6 Å². The van der Waals surface area contributed by atoms with E-state index in [2.05, 4.69) is 43.4 Å². The summed E-state index contributed by atoms with van der Waals surface area (Å²) >= 11 is 3.49. The third kappa shape index (κ3) is 3.57. The normalized spacial score (nSPS) is 10.3. The van der Waals surface area contributed by atoms with Crippen molar-refractivity contribution in [1.29, 1.82) is 0 Å². The summed E-state index contributed by atoms with van der Waals surface area (Å²) in [4.78, 5) is 0. The molecule has 2 aromatic rings. The van der Waals surface area contributed by atoms with Crippen molar-refractivity contribution in [2.24, 2.45) is 0 Å². The first-order valence-corrected chi connectivity index (χ1v) is 7.06. The van der Waals surface area contributed by atoms with Gasteiger partial charge in [0.25, 0.3) is 0 Å². The quantitative estimate of drug-likeness (QED) is 0.787. The van der Waals surface area contributed by atoms with E-state index < -0.39 is 0 Å². The molecule has 1 heterocycles. The molecule has 0 amide bonds. The summed E-state index contributed by atoms with van der Waals surface area (Å²) in [5.41, 5.74) is 1.11. The Hall–Kier alpha value is -1.89. The van der Waals surface area contributed by atoms with Crippen molar-refractivity contribution in [3.05, 3.63) is 40.9 Å². The molecule has 6 nitrogen and oxygen atoms in total. The van der Waals surface area contributed by atoms with Crippen molar-refractivity contribution in [3.8, 4) is 5.75 Å². The maximum atomic E-state index is 5.48. The third-order valence-corrected chi connectivity index (χ3v) is 3.20. The van der Waals surface area contributed by atoms with E-state index in [4.69, 9.17) is 4.74 Å². The molecular weight excluding hydrogens is 322 g/mol. The Morgan fingerprint density at radius 3 is 3.05 bits per heavy atom. The molecular formula is C13H16BrN5O. The predicted molar refractivity (Wildman–Crippen MR) is 80.7 cm³/mol. The van der Waals surface area contributed by atoms with Crippen LogP contribution >= 0.6 is 15.9 Å². The number of halogens is 1. The second kappa shape index (κ2) is 7.04. The Morgan fingerprint density at radius 1 is 1.50 bits per heavy atom. The number of tetrazole rings is 1. The molecule has 20 heavy (non-hydrogen) atoms. The van der Waals surface area contributed by atoms with Crippen molar-refractivity contribution in [2.75, 3.05) is 11.9 Å². The van der Waals surface area contributed by atoms with Crippen LogP contribution in [0.1, 0.15) is 12.5 Å². The highest BCUT2D eigenvalue weighted by molar-refractivity contribution is 9.10. The first-order valence-electron chi connectivity index (χ1n) is 6.26. The zero-order valence-electron chi connectivity index (χ0n) is 11.2. The molecule has 0 spiro atoms. The van der Waals surface area contributed by atoms with Gasteiger partial charge >= 0.3 is 0 Å². The molecule has 1 N–H and O–H groups in total. The summed E-state index contributed by atoms with van der Waals surface area (Å²) in [7, 11) is 0. The number of aromatic nitrogens is 4. The lowest BCUT2D eigenvalue weighted by Crippen LogP contribution is -2.08. The molecule has 0 atom stereocenters. The minimum atomic E-state index is 0.572. The predicted octanol–water partition coefficient (Wildman–Crippen LogP) is 2.63. The Labute approximate surface area is 126 Å². The van der Waals surface area contributed by atoms with Gasteiger partial charge in [-0.2, -0.15) is 0 Å². The molecule has 0 aliphatic rings. The van der Waals surface area contributed by atoms with Crippen LogP contribution in [0.5, 0.6) is 5.75 Å². The number of nitrogens with zero attached hydrogens (tertiary/aromatic N) is 4. The monoisotopic (exact) mass is 337 g/mol. The van der Waals surface area contributed by atoms with Gasteiger partial charge < -0.3 is 10.1 Å². The average molecular weight is 338 g/mol. The molecule has 0 aliphatic heterocycles. The van der Waals surface area contributed by atoms with Crippen LogP contribution in [0.3, 0.4) is 0 Å². The van der Waals surface area contributed by atoms with Crippen LogP contribution in [0.25, 0.3) is 0 Å². The van der Waals surface area contributed by atoms with Crippen molar-refractivity contribution in [3.63, 3.8) is 0 Å². The van der Waals surface area contributed by atoms with E-state index in [1.54, 1.807) is 10.8 Å². The van der Waals surface area contributed by atoms with Gasteiger partial charge in [-0.05, 0) is 51.0 Å². The summed E-state index contributed by atoms with van der Waals surface area (Å²) < 4.78 is 8.06. The van der Waals surface area contributed by atoms with E-state index in [1.807, 2.05) is 25.1 Å². The fourth-order valence-corrected chi connectivity index (χ4v) is 2.23. The third-order valence-electron chi connectivity index (χ3n) is 2.58. The first-order chi connectivity index (χ1) is 9.74. The van der Waals surface area contributed by atoms with Gasteiger partial charge in [-0.15, -0.1) is 6.58 Å². The van der Waals surface area contributed by atoms with Crippen molar-refractivity contribution in [1.82, 2.24) is 20.2 Å². The Bertz CT molecular complexity index is 584. The molecule has 0 saturated carbocycles. The highest BCUT2D eigenvalue weighted by atomic mass is 79.9. The zero-order valence-corrected chi connectivity index (χ0v) is 12.8. The average Bonchev–Trinajstić information content (AvgIpc) is 2.87. The molecule has 0 fully saturated rings. The topological polar surface area (TPSA) is 64.9 Å². The van der Waals surface area contributed by atoms with Crippen LogP contribution in [0.15, 0.2) is 35.3 Å². The summed E-state index contributed by atoms with van der Waals surface area (Å²) in [6.07, 6.45) is 1.75. The van der Waals surface area contributed by atoms with Crippen LogP contribution in [0.4, 0.5) is 5.95 Å². The number of hydrogen-bond donors (Lipinski definition) is 1. The van der Waals surface area contributed by atoms with Gasteiger partial charge in [-0.1, -0.05) is 17.2 Å². The van der Waals surface area contributed by atoms with E-state index >= 15 is 0 Å². The van der Waals surface area contributed by atoms with Gasteiger partial charge in [0, 0.05) is 6.54 Å². The number of nitrogens with one attached hydrogen (secondary N) is 1. The summed E-state index contributed by atoms with van der Waals surface area (Å²) in [5.74, 6) is 1.46. The molecule has 0 aliphatic carbocycles. The maximum Gasteiger partial charge on any atom is 0.243 e. The van der Waals surface area contributed by atoms with Crippen molar-refractivity contribution >= 4 is 21.9 Å². The van der Waals surface area contributed by atoms with Gasteiger partial charge in [0.1, 0.15) is 5.75 Å². The Kier molecular flexibility index (Phi) is 5.11. The number of hydrogen-bond acceptors (Lipinski definition) is 5. The van der Waals surface area contributed by atoms with Crippen LogP contribution < -0.4 is 10.1 Å². The fraction of sp³-hybridized carbons (Fsp3) is 0.308. The Balaban J connectivity index is 2.01. The molecule has 106 valence electrons. The van der Waals surface area contributed by atoms with Crippen LogP contribution in [0.2, 0.25) is 0 Å². The highest BCUT2D eigenvalue weighted by Crippen LogP contribution is 2.26. The minimum absolute atomic E-state index is 0.572. The summed E-state index contributed by atoms with van der Waals surface area (Å²) in [6, 6.07) is 5.96. The molecule has 2 rings (SSSR count). The van der Waals surface area contributed by atoms with Crippen LogP contribution in [-0.4, -0.2) is 26.8 Å². The van der Waals surface area contributed by atoms with E-state index in [-0.39, 0.29) is 0 Å². The number of rotatable bonds is 7. The largest absolute Gasteiger partial charge is 0.493 e. The molecule has 0 saturated heterocycles. The lowest BCUT2D eigenvalue weighted by atomic mass is 10.2. The number of benzene rings is 1. The molecule has 1 aromatic heterocycles. The Morgan fingerprint density at radius 2 is 2.35 bits per heavy atom. The molecule has 7 heteroatoms. The number of anilines is 1. The SMILES string of the molecule is C=CCn1nnnc1NCc1ccc(OCC)c(Br)c1. The summed E-state index contributed by atoms with van der Waals surface area (Å²) in [5, 5.41) is 14.6. The van der Waals surface area contributed by atoms with Crippen LogP contribution in [-0.2, 0) is 13.1 Å². The van der Waals surface area contributed by atoms with Gasteiger partial charge in [-0.25, -0.2) is 4.68 Å².